The maximum absolute atomic E-state index is 11.7. The fourth-order valence-electron chi connectivity index (χ4n) is 1.58. The smallest absolute Gasteiger partial charge is 0.372 e. The van der Waals surface area contributed by atoms with Crippen LogP contribution in [-0.4, -0.2) is 32.0 Å². The molecular formula is C9H16F3NO. The Morgan fingerprint density at radius 2 is 2.07 bits per heavy atom. The molecule has 0 aromatic rings. The van der Waals surface area contributed by atoms with E-state index in [9.17, 15) is 13.2 Å². The van der Waals surface area contributed by atoms with Gasteiger partial charge in [0.05, 0.1) is 0 Å². The third kappa shape index (κ3) is 5.44. The summed E-state index contributed by atoms with van der Waals surface area (Å²) >= 11 is 0. The Bertz CT molecular complexity index is 155. The average molecular weight is 211 g/mol. The number of nitrogens with one attached hydrogen (secondary N) is 1. The molecule has 84 valence electrons. The van der Waals surface area contributed by atoms with Gasteiger partial charge in [-0.15, -0.1) is 0 Å². The van der Waals surface area contributed by atoms with Crippen LogP contribution in [0.2, 0.25) is 0 Å². The van der Waals surface area contributed by atoms with Gasteiger partial charge in [-0.05, 0) is 25.8 Å². The lowest BCUT2D eigenvalue weighted by Crippen LogP contribution is -2.35. The van der Waals surface area contributed by atoms with Gasteiger partial charge in [0, 0.05) is 12.6 Å². The molecule has 5 heteroatoms. The summed E-state index contributed by atoms with van der Waals surface area (Å²) in [6.07, 6.45) is -0.137. The number of rotatable bonds is 4. The standard InChI is InChI=1S/C9H16F3NO/c10-9(11,12)7-14-6-4-8-3-1-2-5-13-8/h8,13H,1-7H2/t8-/m0/s1. The summed E-state index contributed by atoms with van der Waals surface area (Å²) in [6, 6.07) is 0.344. The number of hydrogen-bond donors (Lipinski definition) is 1. The topological polar surface area (TPSA) is 21.3 Å². The zero-order valence-electron chi connectivity index (χ0n) is 8.07. The molecule has 1 aliphatic heterocycles. The zero-order valence-corrected chi connectivity index (χ0v) is 8.07. The molecule has 1 N–H and O–H groups in total. The maximum Gasteiger partial charge on any atom is 0.411 e. The highest BCUT2D eigenvalue weighted by atomic mass is 19.4. The van der Waals surface area contributed by atoms with Gasteiger partial charge in [-0.1, -0.05) is 6.42 Å². The Morgan fingerprint density at radius 3 is 2.64 bits per heavy atom. The van der Waals surface area contributed by atoms with Crippen molar-refractivity contribution in [1.82, 2.24) is 5.32 Å². The molecule has 14 heavy (non-hydrogen) atoms. The minimum absolute atomic E-state index is 0.192. The molecule has 1 heterocycles. The molecule has 1 fully saturated rings. The first-order chi connectivity index (χ1) is 6.58. The quantitative estimate of drug-likeness (QED) is 0.719. The van der Waals surface area contributed by atoms with Crippen molar-refractivity contribution in [1.29, 1.82) is 0 Å². The van der Waals surface area contributed by atoms with E-state index in [1.165, 1.54) is 6.42 Å². The molecule has 0 radical (unpaired) electrons. The number of ether oxygens (including phenoxy) is 1. The Balaban J connectivity index is 1.97. The molecule has 0 saturated carbocycles. The number of halogens is 3. The maximum atomic E-state index is 11.7. The third-order valence-electron chi connectivity index (χ3n) is 2.29. The molecule has 1 saturated heterocycles. The molecule has 2 nitrogen and oxygen atoms in total. The van der Waals surface area contributed by atoms with Crippen molar-refractivity contribution < 1.29 is 17.9 Å². The summed E-state index contributed by atoms with van der Waals surface area (Å²) < 4.78 is 39.6. The van der Waals surface area contributed by atoms with Gasteiger partial charge in [0.25, 0.3) is 0 Å². The summed E-state index contributed by atoms with van der Waals surface area (Å²) in [6.45, 7) is 0.0425. The molecule has 0 aliphatic carbocycles. The van der Waals surface area contributed by atoms with E-state index in [-0.39, 0.29) is 6.61 Å². The molecule has 0 aromatic heterocycles. The monoisotopic (exact) mass is 211 g/mol. The summed E-state index contributed by atoms with van der Waals surface area (Å²) in [5.41, 5.74) is 0. The van der Waals surface area contributed by atoms with Crippen LogP contribution < -0.4 is 5.32 Å². The van der Waals surface area contributed by atoms with Crippen LogP contribution in [0.4, 0.5) is 13.2 Å². The highest BCUT2D eigenvalue weighted by Crippen LogP contribution is 2.15. The van der Waals surface area contributed by atoms with Crippen LogP contribution in [0, 0.1) is 0 Å². The first kappa shape index (κ1) is 11.8. The van der Waals surface area contributed by atoms with Gasteiger partial charge in [0.2, 0.25) is 0 Å². The van der Waals surface area contributed by atoms with Gasteiger partial charge in [0.15, 0.2) is 0 Å². The molecule has 1 atom stereocenters. The van der Waals surface area contributed by atoms with Crippen LogP contribution >= 0.6 is 0 Å². The number of hydrogen-bond acceptors (Lipinski definition) is 2. The lowest BCUT2D eigenvalue weighted by molar-refractivity contribution is -0.174. The summed E-state index contributed by atoms with van der Waals surface area (Å²) in [7, 11) is 0. The molecule has 0 unspecified atom stereocenters. The van der Waals surface area contributed by atoms with Crippen molar-refractivity contribution in [2.24, 2.45) is 0 Å². The van der Waals surface area contributed by atoms with Crippen molar-refractivity contribution in [2.45, 2.75) is 37.9 Å². The van der Waals surface area contributed by atoms with Crippen molar-refractivity contribution in [3.63, 3.8) is 0 Å². The van der Waals surface area contributed by atoms with Crippen LogP contribution in [-0.2, 0) is 4.74 Å². The first-order valence-corrected chi connectivity index (χ1v) is 4.96. The van der Waals surface area contributed by atoms with Crippen LogP contribution in [0.1, 0.15) is 25.7 Å². The lowest BCUT2D eigenvalue weighted by atomic mass is 10.0. The van der Waals surface area contributed by atoms with Crippen LogP contribution in [0.25, 0.3) is 0 Å². The van der Waals surface area contributed by atoms with E-state index in [2.05, 4.69) is 10.1 Å². The van der Waals surface area contributed by atoms with E-state index in [1.54, 1.807) is 0 Å². The molecule has 0 spiro atoms. The average Bonchev–Trinajstić information content (AvgIpc) is 2.13. The first-order valence-electron chi connectivity index (χ1n) is 4.96. The molecule has 0 bridgehead atoms. The van der Waals surface area contributed by atoms with Crippen LogP contribution in [0.3, 0.4) is 0 Å². The highest BCUT2D eigenvalue weighted by Gasteiger charge is 2.27. The van der Waals surface area contributed by atoms with Crippen molar-refractivity contribution in [3.8, 4) is 0 Å². The minimum Gasteiger partial charge on any atom is -0.372 e. The second-order valence-electron chi connectivity index (χ2n) is 3.60. The van der Waals surface area contributed by atoms with Gasteiger partial charge < -0.3 is 10.1 Å². The van der Waals surface area contributed by atoms with E-state index >= 15 is 0 Å². The molecule has 1 rings (SSSR count). The zero-order chi connectivity index (χ0) is 10.4. The second-order valence-corrected chi connectivity index (χ2v) is 3.60. The summed E-state index contributed by atoms with van der Waals surface area (Å²) in [5.74, 6) is 0. The Morgan fingerprint density at radius 1 is 1.29 bits per heavy atom. The minimum atomic E-state index is -4.19. The summed E-state index contributed by atoms with van der Waals surface area (Å²) in [4.78, 5) is 0. The van der Waals surface area contributed by atoms with Gasteiger partial charge >= 0.3 is 6.18 Å². The van der Waals surface area contributed by atoms with Gasteiger partial charge in [-0.2, -0.15) is 13.2 Å². The highest BCUT2D eigenvalue weighted by molar-refractivity contribution is 4.71. The van der Waals surface area contributed by atoms with E-state index in [1.807, 2.05) is 0 Å². The fraction of sp³-hybridized carbons (Fsp3) is 1.00. The van der Waals surface area contributed by atoms with E-state index in [4.69, 9.17) is 0 Å². The van der Waals surface area contributed by atoms with E-state index in [0.717, 1.165) is 19.4 Å². The predicted molar refractivity (Wildman–Crippen MR) is 47.1 cm³/mol. The molecule has 0 aromatic carbocycles. The normalized spacial score (nSPS) is 23.8. The second kappa shape index (κ2) is 5.56. The number of piperidine rings is 1. The van der Waals surface area contributed by atoms with E-state index in [0.29, 0.717) is 12.5 Å². The number of alkyl halides is 3. The van der Waals surface area contributed by atoms with Crippen molar-refractivity contribution >= 4 is 0 Å². The third-order valence-corrected chi connectivity index (χ3v) is 2.29. The van der Waals surface area contributed by atoms with Crippen LogP contribution in [0.15, 0.2) is 0 Å². The van der Waals surface area contributed by atoms with E-state index < -0.39 is 12.8 Å². The fourth-order valence-corrected chi connectivity index (χ4v) is 1.58. The van der Waals surface area contributed by atoms with Crippen molar-refractivity contribution in [2.75, 3.05) is 19.8 Å². The SMILES string of the molecule is FC(F)(F)COCC[C@@H]1CCCCN1. The predicted octanol–water partition coefficient (Wildman–Crippen LogP) is 2.10. The van der Waals surface area contributed by atoms with Gasteiger partial charge in [0.1, 0.15) is 6.61 Å². The lowest BCUT2D eigenvalue weighted by Gasteiger charge is -2.23. The Labute approximate surface area is 81.8 Å². The largest absolute Gasteiger partial charge is 0.411 e. The summed E-state index contributed by atoms with van der Waals surface area (Å²) in [5, 5.41) is 3.26. The van der Waals surface area contributed by atoms with Gasteiger partial charge in [-0.3, -0.25) is 0 Å². The molecular weight excluding hydrogens is 195 g/mol. The van der Waals surface area contributed by atoms with Crippen LogP contribution in [0.5, 0.6) is 0 Å². The van der Waals surface area contributed by atoms with Crippen molar-refractivity contribution in [3.05, 3.63) is 0 Å². The molecule has 0 amide bonds. The van der Waals surface area contributed by atoms with Gasteiger partial charge in [-0.25, -0.2) is 0 Å². The Hall–Kier alpha value is -0.290. The molecule has 1 aliphatic rings. The Kier molecular flexibility index (Phi) is 4.68.